The Morgan fingerprint density at radius 1 is 1.11 bits per heavy atom. The van der Waals surface area contributed by atoms with Gasteiger partial charge in [-0.2, -0.15) is 0 Å². The van der Waals surface area contributed by atoms with E-state index in [9.17, 15) is 15.0 Å². The zero-order chi connectivity index (χ0) is 26.9. The maximum absolute atomic E-state index is 11.4. The van der Waals surface area contributed by atoms with Crippen LogP contribution in [0.25, 0.3) is 10.9 Å². The van der Waals surface area contributed by atoms with E-state index in [-0.39, 0.29) is 6.42 Å². The van der Waals surface area contributed by atoms with E-state index in [1.165, 1.54) is 5.56 Å². The minimum atomic E-state index is -0.741. The molecule has 1 aliphatic heterocycles. The highest BCUT2D eigenvalue weighted by molar-refractivity contribution is 5.83. The fourth-order valence-electron chi connectivity index (χ4n) is 5.87. The quantitative estimate of drug-likeness (QED) is 0.307. The Labute approximate surface area is 225 Å². The van der Waals surface area contributed by atoms with Crippen LogP contribution in [0.15, 0.2) is 54.7 Å². The maximum atomic E-state index is 11.4. The molecule has 204 valence electrons. The Balaban J connectivity index is 1.35. The first-order chi connectivity index (χ1) is 18.5. The summed E-state index contributed by atoms with van der Waals surface area (Å²) in [4.78, 5) is 18.3. The normalized spacial score (nSPS) is 18.8. The number of ether oxygens (including phenoxy) is 2. The number of benzene rings is 2. The van der Waals surface area contributed by atoms with Crippen LogP contribution < -0.4 is 9.47 Å². The zero-order valence-electron chi connectivity index (χ0n) is 22.5. The van der Waals surface area contributed by atoms with E-state index >= 15 is 0 Å². The second-order valence-corrected chi connectivity index (χ2v) is 10.3. The summed E-state index contributed by atoms with van der Waals surface area (Å²) in [6, 6.07) is 15.8. The van der Waals surface area contributed by atoms with Crippen molar-refractivity contribution in [2.45, 2.75) is 51.0 Å². The molecule has 0 amide bonds. The van der Waals surface area contributed by atoms with E-state index in [2.05, 4.69) is 16.0 Å². The molecule has 0 aliphatic carbocycles. The molecule has 7 nitrogen and oxygen atoms in total. The molecule has 1 aromatic heterocycles. The SMILES string of the molecule is COc1ccc2nccc([C@H](O)CC[C@@H]3CCN(CCCc4ccccc4OC)C[C@H]3CCC(=O)O)c2c1. The van der Waals surface area contributed by atoms with Gasteiger partial charge in [-0.3, -0.25) is 9.78 Å². The number of carbonyl (C=O) groups is 1. The number of likely N-dealkylation sites (tertiary alicyclic amines) is 1. The van der Waals surface area contributed by atoms with E-state index in [0.29, 0.717) is 24.7 Å². The summed E-state index contributed by atoms with van der Waals surface area (Å²) in [6.07, 6.45) is 6.53. The van der Waals surface area contributed by atoms with Crippen LogP contribution in [0.3, 0.4) is 0 Å². The van der Waals surface area contributed by atoms with Gasteiger partial charge >= 0.3 is 5.97 Å². The first-order valence-corrected chi connectivity index (χ1v) is 13.6. The highest BCUT2D eigenvalue weighted by Crippen LogP contribution is 2.35. The summed E-state index contributed by atoms with van der Waals surface area (Å²) < 4.78 is 10.9. The zero-order valence-corrected chi connectivity index (χ0v) is 22.5. The van der Waals surface area contributed by atoms with Crippen LogP contribution in [0, 0.1) is 11.8 Å². The second-order valence-electron chi connectivity index (χ2n) is 10.3. The van der Waals surface area contributed by atoms with Crippen LogP contribution in [0.4, 0.5) is 0 Å². The molecule has 0 bridgehead atoms. The second kappa shape index (κ2) is 13.6. The summed E-state index contributed by atoms with van der Waals surface area (Å²) in [5, 5.41) is 21.4. The van der Waals surface area contributed by atoms with Gasteiger partial charge in [-0.15, -0.1) is 0 Å². The molecule has 3 aromatic rings. The maximum Gasteiger partial charge on any atom is 0.303 e. The number of rotatable bonds is 13. The minimum absolute atomic E-state index is 0.188. The minimum Gasteiger partial charge on any atom is -0.497 e. The van der Waals surface area contributed by atoms with Crippen LogP contribution in [0.1, 0.15) is 55.8 Å². The number of aromatic nitrogens is 1. The summed E-state index contributed by atoms with van der Waals surface area (Å²) in [7, 11) is 3.34. The number of para-hydroxylation sites is 1. The van der Waals surface area contributed by atoms with E-state index < -0.39 is 12.1 Å². The van der Waals surface area contributed by atoms with E-state index in [4.69, 9.17) is 9.47 Å². The number of pyridine rings is 1. The number of hydrogen-bond acceptors (Lipinski definition) is 6. The van der Waals surface area contributed by atoms with Crippen molar-refractivity contribution in [1.82, 2.24) is 9.88 Å². The van der Waals surface area contributed by atoms with E-state index in [1.807, 2.05) is 42.5 Å². The molecule has 0 spiro atoms. The lowest BCUT2D eigenvalue weighted by atomic mass is 9.79. The van der Waals surface area contributed by atoms with Gasteiger partial charge in [-0.1, -0.05) is 18.2 Å². The molecule has 2 aromatic carbocycles. The van der Waals surface area contributed by atoms with Crippen molar-refractivity contribution in [1.29, 1.82) is 0 Å². The Morgan fingerprint density at radius 2 is 1.95 bits per heavy atom. The lowest BCUT2D eigenvalue weighted by molar-refractivity contribution is -0.137. The number of aliphatic carboxylic acids is 1. The third kappa shape index (κ3) is 7.23. The molecule has 0 unspecified atom stereocenters. The van der Waals surface area contributed by atoms with Crippen molar-refractivity contribution < 1.29 is 24.5 Å². The van der Waals surface area contributed by atoms with Crippen molar-refractivity contribution in [2.75, 3.05) is 33.9 Å². The van der Waals surface area contributed by atoms with Crippen molar-refractivity contribution >= 4 is 16.9 Å². The summed E-state index contributed by atoms with van der Waals surface area (Å²) in [5.74, 6) is 1.65. The van der Waals surface area contributed by atoms with Crippen molar-refractivity contribution in [3.63, 3.8) is 0 Å². The summed E-state index contributed by atoms with van der Waals surface area (Å²) >= 11 is 0. The van der Waals surface area contributed by atoms with Crippen LogP contribution in [0.2, 0.25) is 0 Å². The van der Waals surface area contributed by atoms with Crippen LogP contribution in [0.5, 0.6) is 11.5 Å². The first-order valence-electron chi connectivity index (χ1n) is 13.6. The summed E-state index contributed by atoms with van der Waals surface area (Å²) in [6.45, 7) is 2.91. The lowest BCUT2D eigenvalue weighted by Gasteiger charge is -2.39. The average molecular weight is 521 g/mol. The van der Waals surface area contributed by atoms with Crippen molar-refractivity contribution in [3.8, 4) is 11.5 Å². The lowest BCUT2D eigenvalue weighted by Crippen LogP contribution is -2.41. The van der Waals surface area contributed by atoms with Gasteiger partial charge in [0, 0.05) is 24.5 Å². The number of carboxylic acids is 1. The van der Waals surface area contributed by atoms with Gasteiger partial charge in [-0.25, -0.2) is 0 Å². The van der Waals surface area contributed by atoms with Gasteiger partial charge in [0.25, 0.3) is 0 Å². The highest BCUT2D eigenvalue weighted by atomic mass is 16.5. The number of methoxy groups -OCH3 is 2. The van der Waals surface area contributed by atoms with Crippen LogP contribution in [-0.4, -0.2) is 59.9 Å². The van der Waals surface area contributed by atoms with E-state index in [0.717, 1.165) is 73.3 Å². The average Bonchev–Trinajstić information content (AvgIpc) is 2.94. The van der Waals surface area contributed by atoms with Gasteiger partial charge in [0.1, 0.15) is 11.5 Å². The molecule has 4 rings (SSSR count). The number of fused-ring (bicyclic) bond motifs is 1. The number of nitrogens with zero attached hydrogens (tertiary/aromatic N) is 2. The molecular weight excluding hydrogens is 480 g/mol. The van der Waals surface area contributed by atoms with Gasteiger partial charge in [-0.05, 0) is 105 Å². The van der Waals surface area contributed by atoms with Gasteiger partial charge in [0.2, 0.25) is 0 Å². The molecule has 0 radical (unpaired) electrons. The molecule has 3 atom stereocenters. The smallest absolute Gasteiger partial charge is 0.303 e. The Kier molecular flexibility index (Phi) is 9.96. The number of piperidine rings is 1. The predicted octanol–water partition coefficient (Wildman–Crippen LogP) is 5.50. The molecular formula is C31H40N2O5. The number of aliphatic hydroxyl groups excluding tert-OH is 1. The largest absolute Gasteiger partial charge is 0.497 e. The van der Waals surface area contributed by atoms with Crippen molar-refractivity contribution in [2.24, 2.45) is 11.8 Å². The monoisotopic (exact) mass is 520 g/mol. The van der Waals surface area contributed by atoms with Gasteiger partial charge in [0.15, 0.2) is 0 Å². The molecule has 1 fully saturated rings. The molecule has 1 aliphatic rings. The Bertz CT molecular complexity index is 1200. The third-order valence-corrected chi connectivity index (χ3v) is 7.97. The topological polar surface area (TPSA) is 92.1 Å². The number of aryl methyl sites for hydroxylation is 1. The van der Waals surface area contributed by atoms with Crippen LogP contribution >= 0.6 is 0 Å². The van der Waals surface area contributed by atoms with Crippen LogP contribution in [-0.2, 0) is 11.2 Å². The fraction of sp³-hybridized carbons (Fsp3) is 0.484. The fourth-order valence-corrected chi connectivity index (χ4v) is 5.87. The molecule has 1 saturated heterocycles. The number of hydrogen-bond donors (Lipinski definition) is 2. The molecule has 2 N–H and O–H groups in total. The highest BCUT2D eigenvalue weighted by Gasteiger charge is 2.30. The third-order valence-electron chi connectivity index (χ3n) is 7.97. The Hall–Kier alpha value is -3.16. The Morgan fingerprint density at radius 3 is 2.74 bits per heavy atom. The number of carboxylic acid groups (broad SMARTS) is 1. The molecule has 0 saturated carbocycles. The standard InChI is InChI=1S/C31H40N2O5/c1-37-25-11-12-28-27(20-25)26(15-17-32-28)29(34)13-9-22-16-19-33(21-24(22)10-14-31(35)36)18-5-7-23-6-3-4-8-30(23)38-2/h3-4,6,8,11-12,15,17,20,22,24,29,34H,5,7,9-10,13-14,16,18-19,21H2,1-2H3,(H,35,36)/t22-,24-,29-/m1/s1. The van der Waals surface area contributed by atoms with E-state index in [1.54, 1.807) is 20.4 Å². The molecule has 2 heterocycles. The van der Waals surface area contributed by atoms with Gasteiger partial charge in [0.05, 0.1) is 25.8 Å². The summed E-state index contributed by atoms with van der Waals surface area (Å²) in [5.41, 5.74) is 2.93. The number of aliphatic hydroxyl groups is 1. The van der Waals surface area contributed by atoms with Crippen molar-refractivity contribution in [3.05, 3.63) is 65.9 Å². The first kappa shape index (κ1) is 27.9. The predicted molar refractivity (Wildman–Crippen MR) is 149 cm³/mol. The molecule has 38 heavy (non-hydrogen) atoms. The molecule has 7 heteroatoms. The van der Waals surface area contributed by atoms with Gasteiger partial charge < -0.3 is 24.6 Å².